The third-order valence-electron chi connectivity index (χ3n) is 4.95. The molecule has 6 nitrogen and oxygen atoms in total. The molecular weight excluding hydrogens is 338 g/mol. The van der Waals surface area contributed by atoms with Crippen LogP contribution in [0.15, 0.2) is 48.8 Å². The van der Waals surface area contributed by atoms with Crippen LogP contribution < -0.4 is 4.74 Å². The number of hydrogen-bond donors (Lipinski definition) is 0. The lowest BCUT2D eigenvalue weighted by Gasteiger charge is -2.09. The van der Waals surface area contributed by atoms with Crippen molar-refractivity contribution in [1.29, 1.82) is 0 Å². The number of aromatic nitrogens is 5. The first-order valence-corrected chi connectivity index (χ1v) is 8.92. The van der Waals surface area contributed by atoms with Crippen LogP contribution in [0.2, 0.25) is 0 Å². The molecule has 0 aliphatic carbocycles. The van der Waals surface area contributed by atoms with Crippen molar-refractivity contribution in [1.82, 2.24) is 24.3 Å². The Bertz CT molecular complexity index is 1170. The minimum Gasteiger partial charge on any atom is -0.424 e. The quantitative estimate of drug-likeness (QED) is 0.475. The van der Waals surface area contributed by atoms with E-state index in [0.29, 0.717) is 12.6 Å². The first kappa shape index (κ1) is 15.8. The van der Waals surface area contributed by atoms with E-state index in [4.69, 9.17) is 4.74 Å². The Morgan fingerprint density at radius 1 is 0.963 bits per heavy atom. The summed E-state index contributed by atoms with van der Waals surface area (Å²) < 4.78 is 10.2. The maximum atomic E-state index is 6.09. The highest BCUT2D eigenvalue weighted by atomic mass is 16.5. The van der Waals surface area contributed by atoms with Crippen molar-refractivity contribution in [3.05, 3.63) is 71.3 Å². The molecule has 2 aromatic heterocycles. The second-order valence-corrected chi connectivity index (χ2v) is 6.98. The van der Waals surface area contributed by atoms with E-state index in [2.05, 4.69) is 44.9 Å². The van der Waals surface area contributed by atoms with Crippen LogP contribution in [0.5, 0.6) is 11.8 Å². The maximum absolute atomic E-state index is 6.09. The Balaban J connectivity index is 1.70. The first-order chi connectivity index (χ1) is 13.1. The topological polar surface area (TPSA) is 57.8 Å². The number of ether oxygens (including phenoxy) is 1. The zero-order chi connectivity index (χ0) is 18.5. The summed E-state index contributed by atoms with van der Waals surface area (Å²) in [6.45, 7) is 6.74. The van der Waals surface area contributed by atoms with Crippen molar-refractivity contribution in [2.75, 3.05) is 0 Å². The number of nitrogens with zero attached hydrogens (tertiary/aromatic N) is 5. The maximum Gasteiger partial charge on any atom is 0.323 e. The SMILES string of the molecule is Cc1cccc(Oc2nnc3n2Cc2c(C)ncn2-c2ccc(C)cc2-3)c1. The summed E-state index contributed by atoms with van der Waals surface area (Å²) in [5.74, 6) is 1.56. The van der Waals surface area contributed by atoms with E-state index >= 15 is 0 Å². The van der Waals surface area contributed by atoms with Gasteiger partial charge < -0.3 is 9.30 Å². The molecule has 1 aliphatic heterocycles. The predicted molar refractivity (Wildman–Crippen MR) is 102 cm³/mol. The molecule has 6 heteroatoms. The summed E-state index contributed by atoms with van der Waals surface area (Å²) in [5.41, 5.74) is 6.49. The molecule has 0 saturated heterocycles. The van der Waals surface area contributed by atoms with Crippen LogP contribution in [0, 0.1) is 20.8 Å². The van der Waals surface area contributed by atoms with Gasteiger partial charge in [-0.15, -0.1) is 5.10 Å². The molecule has 1 aliphatic rings. The highest BCUT2D eigenvalue weighted by molar-refractivity contribution is 5.70. The van der Waals surface area contributed by atoms with Gasteiger partial charge in [-0.3, -0.25) is 4.57 Å². The molecular formula is C21H19N5O. The minimum absolute atomic E-state index is 0.483. The van der Waals surface area contributed by atoms with Crippen LogP contribution in [0.25, 0.3) is 17.1 Å². The van der Waals surface area contributed by atoms with Gasteiger partial charge in [0.05, 0.1) is 29.9 Å². The largest absolute Gasteiger partial charge is 0.424 e. The summed E-state index contributed by atoms with van der Waals surface area (Å²) in [5, 5.41) is 8.81. The van der Waals surface area contributed by atoms with E-state index < -0.39 is 0 Å². The number of fused-ring (bicyclic) bond motifs is 5. The van der Waals surface area contributed by atoms with Gasteiger partial charge in [0.15, 0.2) is 5.82 Å². The lowest BCUT2D eigenvalue weighted by Crippen LogP contribution is -2.06. The van der Waals surface area contributed by atoms with E-state index in [1.165, 1.54) is 5.56 Å². The summed E-state index contributed by atoms with van der Waals surface area (Å²) in [7, 11) is 0. The average Bonchev–Trinajstić information content (AvgIpc) is 3.16. The van der Waals surface area contributed by atoms with Gasteiger partial charge in [-0.05, 0) is 50.6 Å². The van der Waals surface area contributed by atoms with Crippen molar-refractivity contribution >= 4 is 0 Å². The summed E-state index contributed by atoms with van der Waals surface area (Å²) >= 11 is 0. The van der Waals surface area contributed by atoms with Gasteiger partial charge in [-0.25, -0.2) is 4.98 Å². The Morgan fingerprint density at radius 3 is 2.67 bits per heavy atom. The smallest absolute Gasteiger partial charge is 0.323 e. The van der Waals surface area contributed by atoms with Crippen LogP contribution in [0.4, 0.5) is 0 Å². The number of aryl methyl sites for hydroxylation is 3. The van der Waals surface area contributed by atoms with E-state index in [-0.39, 0.29) is 0 Å². The van der Waals surface area contributed by atoms with Gasteiger partial charge >= 0.3 is 6.01 Å². The highest BCUT2D eigenvalue weighted by Gasteiger charge is 2.25. The van der Waals surface area contributed by atoms with Crippen LogP contribution in [0.3, 0.4) is 0 Å². The van der Waals surface area contributed by atoms with Crippen LogP contribution in [0.1, 0.15) is 22.5 Å². The van der Waals surface area contributed by atoms with E-state index in [1.807, 2.05) is 49.0 Å². The molecule has 0 saturated carbocycles. The molecule has 27 heavy (non-hydrogen) atoms. The number of rotatable bonds is 2. The first-order valence-electron chi connectivity index (χ1n) is 8.92. The molecule has 0 amide bonds. The van der Waals surface area contributed by atoms with Crippen molar-refractivity contribution in [3.8, 4) is 28.8 Å². The molecule has 0 radical (unpaired) electrons. The zero-order valence-corrected chi connectivity index (χ0v) is 15.5. The van der Waals surface area contributed by atoms with Gasteiger partial charge in [-0.1, -0.05) is 28.9 Å². The van der Waals surface area contributed by atoms with Crippen LogP contribution in [-0.4, -0.2) is 24.3 Å². The van der Waals surface area contributed by atoms with Gasteiger partial charge in [0.1, 0.15) is 5.75 Å². The van der Waals surface area contributed by atoms with Gasteiger partial charge in [-0.2, -0.15) is 0 Å². The molecule has 0 bridgehead atoms. The van der Waals surface area contributed by atoms with Gasteiger partial charge in [0.2, 0.25) is 0 Å². The molecule has 0 spiro atoms. The number of hydrogen-bond acceptors (Lipinski definition) is 4. The van der Waals surface area contributed by atoms with Crippen LogP contribution in [-0.2, 0) is 6.54 Å². The predicted octanol–water partition coefficient (Wildman–Crippen LogP) is 4.21. The number of imidazole rings is 1. The minimum atomic E-state index is 0.483. The Hall–Kier alpha value is -3.41. The van der Waals surface area contributed by atoms with Crippen molar-refractivity contribution < 1.29 is 4.74 Å². The normalized spacial score (nSPS) is 12.1. The van der Waals surface area contributed by atoms with Crippen LogP contribution >= 0.6 is 0 Å². The second-order valence-electron chi connectivity index (χ2n) is 6.98. The molecule has 0 N–H and O–H groups in total. The molecule has 5 rings (SSSR count). The Kier molecular flexibility index (Phi) is 3.40. The molecule has 3 heterocycles. The molecule has 2 aromatic carbocycles. The van der Waals surface area contributed by atoms with E-state index in [0.717, 1.165) is 39.8 Å². The Morgan fingerprint density at radius 2 is 1.81 bits per heavy atom. The van der Waals surface area contributed by atoms with Crippen molar-refractivity contribution in [2.45, 2.75) is 27.3 Å². The zero-order valence-electron chi connectivity index (χ0n) is 15.5. The average molecular weight is 357 g/mol. The fraction of sp³-hybridized carbons (Fsp3) is 0.190. The standard InChI is InChI=1S/C21H19N5O/c1-13-5-4-6-16(9-13)27-21-24-23-20-17-10-14(2)7-8-18(17)26-12-22-15(3)19(26)11-25(20)21/h4-10,12H,11H2,1-3H3. The fourth-order valence-corrected chi connectivity index (χ4v) is 3.54. The fourth-order valence-electron chi connectivity index (χ4n) is 3.54. The second kappa shape index (κ2) is 5.81. The van der Waals surface area contributed by atoms with Gasteiger partial charge in [0.25, 0.3) is 0 Å². The lowest BCUT2D eigenvalue weighted by molar-refractivity contribution is 0.416. The molecule has 0 atom stereocenters. The van der Waals surface area contributed by atoms with Crippen molar-refractivity contribution in [3.63, 3.8) is 0 Å². The summed E-state index contributed by atoms with van der Waals surface area (Å²) in [4.78, 5) is 4.51. The number of benzene rings is 2. The van der Waals surface area contributed by atoms with Gasteiger partial charge in [0, 0.05) is 5.56 Å². The summed E-state index contributed by atoms with van der Waals surface area (Å²) in [6.07, 6.45) is 1.87. The molecule has 4 aromatic rings. The highest BCUT2D eigenvalue weighted by Crippen LogP contribution is 2.35. The van der Waals surface area contributed by atoms with E-state index in [9.17, 15) is 0 Å². The molecule has 0 fully saturated rings. The van der Waals surface area contributed by atoms with Crippen molar-refractivity contribution in [2.24, 2.45) is 0 Å². The third-order valence-corrected chi connectivity index (χ3v) is 4.95. The Labute approximate surface area is 157 Å². The molecule has 134 valence electrons. The van der Waals surface area contributed by atoms with E-state index in [1.54, 1.807) is 0 Å². The lowest BCUT2D eigenvalue weighted by atomic mass is 10.1. The summed E-state index contributed by atoms with van der Waals surface area (Å²) in [6, 6.07) is 14.8. The molecule has 0 unspecified atom stereocenters. The third kappa shape index (κ3) is 2.52. The monoisotopic (exact) mass is 357 g/mol.